The van der Waals surface area contributed by atoms with Gasteiger partial charge in [-0.15, -0.1) is 12.4 Å². The highest BCUT2D eigenvalue weighted by atomic mass is 35.5. The van der Waals surface area contributed by atoms with E-state index in [0.717, 1.165) is 12.3 Å². The predicted octanol–water partition coefficient (Wildman–Crippen LogP) is 2.03. The Morgan fingerprint density at radius 2 is 2.11 bits per heavy atom. The van der Waals surface area contributed by atoms with Crippen molar-refractivity contribution >= 4 is 18.4 Å². The SMILES string of the molecule is COC(=O)c1ccc(OC[C@@H]2CCCN2)cc1.Cl. The normalized spacial score (nSPS) is 17.9. The number of hydrogen-bond acceptors (Lipinski definition) is 4. The third-order valence-electron chi connectivity index (χ3n) is 2.89. The van der Waals surface area contributed by atoms with E-state index in [1.807, 2.05) is 0 Å². The minimum absolute atomic E-state index is 0. The number of carbonyl (C=O) groups excluding carboxylic acids is 1. The van der Waals surface area contributed by atoms with Crippen molar-refractivity contribution in [1.29, 1.82) is 0 Å². The van der Waals surface area contributed by atoms with Gasteiger partial charge in [-0.1, -0.05) is 0 Å². The van der Waals surface area contributed by atoms with Crippen molar-refractivity contribution in [2.75, 3.05) is 20.3 Å². The summed E-state index contributed by atoms with van der Waals surface area (Å²) in [6, 6.07) is 7.46. The number of halogens is 1. The zero-order chi connectivity index (χ0) is 12.1. The van der Waals surface area contributed by atoms with Crippen LogP contribution in [0.25, 0.3) is 0 Å². The molecule has 0 spiro atoms. The van der Waals surface area contributed by atoms with Crippen LogP contribution in [0.4, 0.5) is 0 Å². The molecule has 0 amide bonds. The molecule has 1 aromatic carbocycles. The molecule has 1 heterocycles. The average molecular weight is 272 g/mol. The Hall–Kier alpha value is -1.26. The molecule has 0 aromatic heterocycles. The van der Waals surface area contributed by atoms with Gasteiger partial charge in [-0.2, -0.15) is 0 Å². The van der Waals surface area contributed by atoms with Gasteiger partial charge in [0.2, 0.25) is 0 Å². The van der Waals surface area contributed by atoms with E-state index < -0.39 is 0 Å². The van der Waals surface area contributed by atoms with Crippen molar-refractivity contribution in [3.63, 3.8) is 0 Å². The summed E-state index contributed by atoms with van der Waals surface area (Å²) in [4.78, 5) is 11.2. The van der Waals surface area contributed by atoms with Gasteiger partial charge in [-0.25, -0.2) is 4.79 Å². The van der Waals surface area contributed by atoms with E-state index in [0.29, 0.717) is 18.2 Å². The lowest BCUT2D eigenvalue weighted by atomic mass is 10.2. The Labute approximate surface area is 113 Å². The van der Waals surface area contributed by atoms with Gasteiger partial charge in [-0.05, 0) is 43.7 Å². The number of hydrogen-bond donors (Lipinski definition) is 1. The van der Waals surface area contributed by atoms with E-state index in [-0.39, 0.29) is 18.4 Å². The van der Waals surface area contributed by atoms with E-state index in [2.05, 4.69) is 10.1 Å². The van der Waals surface area contributed by atoms with Crippen molar-refractivity contribution in [3.05, 3.63) is 29.8 Å². The van der Waals surface area contributed by atoms with Crippen molar-refractivity contribution in [3.8, 4) is 5.75 Å². The molecule has 5 heteroatoms. The van der Waals surface area contributed by atoms with Gasteiger partial charge in [0.05, 0.1) is 12.7 Å². The van der Waals surface area contributed by atoms with Crippen molar-refractivity contribution in [2.24, 2.45) is 0 Å². The molecule has 1 aliphatic heterocycles. The molecule has 2 rings (SSSR count). The Morgan fingerprint density at radius 3 is 2.67 bits per heavy atom. The zero-order valence-corrected chi connectivity index (χ0v) is 11.2. The van der Waals surface area contributed by atoms with Crippen molar-refractivity contribution < 1.29 is 14.3 Å². The first-order chi connectivity index (χ1) is 8.29. The summed E-state index contributed by atoms with van der Waals surface area (Å²) in [5.74, 6) is 0.459. The molecule has 0 aliphatic carbocycles. The van der Waals surface area contributed by atoms with E-state index in [4.69, 9.17) is 4.74 Å². The Morgan fingerprint density at radius 1 is 1.39 bits per heavy atom. The van der Waals surface area contributed by atoms with Crippen LogP contribution in [0.15, 0.2) is 24.3 Å². The Balaban J connectivity index is 0.00000162. The second-order valence-corrected chi connectivity index (χ2v) is 4.12. The van der Waals surface area contributed by atoms with Crippen molar-refractivity contribution in [1.82, 2.24) is 5.32 Å². The lowest BCUT2D eigenvalue weighted by Crippen LogP contribution is -2.28. The van der Waals surface area contributed by atoms with Crippen LogP contribution in [0.5, 0.6) is 5.75 Å². The fourth-order valence-corrected chi connectivity index (χ4v) is 1.90. The molecule has 18 heavy (non-hydrogen) atoms. The smallest absolute Gasteiger partial charge is 0.337 e. The van der Waals surface area contributed by atoms with Gasteiger partial charge >= 0.3 is 5.97 Å². The van der Waals surface area contributed by atoms with Gasteiger partial charge in [-0.3, -0.25) is 0 Å². The van der Waals surface area contributed by atoms with Crippen molar-refractivity contribution in [2.45, 2.75) is 18.9 Å². The maximum Gasteiger partial charge on any atom is 0.337 e. The fourth-order valence-electron chi connectivity index (χ4n) is 1.90. The lowest BCUT2D eigenvalue weighted by Gasteiger charge is -2.12. The fraction of sp³-hybridized carbons (Fsp3) is 0.462. The first kappa shape index (κ1) is 14.8. The molecule has 100 valence electrons. The number of methoxy groups -OCH3 is 1. The summed E-state index contributed by atoms with van der Waals surface area (Å²) in [7, 11) is 1.37. The quantitative estimate of drug-likeness (QED) is 0.852. The monoisotopic (exact) mass is 271 g/mol. The van der Waals surface area contributed by atoms with Gasteiger partial charge in [0.1, 0.15) is 12.4 Å². The average Bonchev–Trinajstić information content (AvgIpc) is 2.89. The maximum absolute atomic E-state index is 11.2. The lowest BCUT2D eigenvalue weighted by molar-refractivity contribution is 0.0600. The van der Waals surface area contributed by atoms with Gasteiger partial charge in [0.15, 0.2) is 0 Å². The third kappa shape index (κ3) is 3.89. The summed E-state index contributed by atoms with van der Waals surface area (Å²) in [5.41, 5.74) is 0.541. The predicted molar refractivity (Wildman–Crippen MR) is 71.5 cm³/mol. The van der Waals surface area contributed by atoms with E-state index in [1.165, 1.54) is 20.0 Å². The minimum atomic E-state index is -0.325. The molecule has 0 bridgehead atoms. The van der Waals surface area contributed by atoms with Crippen LogP contribution in [-0.2, 0) is 4.74 Å². The first-order valence-corrected chi connectivity index (χ1v) is 5.84. The summed E-state index contributed by atoms with van der Waals surface area (Å²) in [6.07, 6.45) is 2.38. The van der Waals surface area contributed by atoms with Crippen LogP contribution in [0.1, 0.15) is 23.2 Å². The molecule has 1 aliphatic rings. The molecule has 1 saturated heterocycles. The molecular weight excluding hydrogens is 254 g/mol. The number of nitrogens with one attached hydrogen (secondary N) is 1. The summed E-state index contributed by atoms with van der Waals surface area (Å²) in [5, 5.41) is 3.37. The maximum atomic E-state index is 11.2. The zero-order valence-electron chi connectivity index (χ0n) is 10.3. The van der Waals surface area contributed by atoms with Crippen LogP contribution in [0.3, 0.4) is 0 Å². The molecule has 1 atom stereocenters. The topological polar surface area (TPSA) is 47.6 Å². The van der Waals surface area contributed by atoms with Crippen LogP contribution >= 0.6 is 12.4 Å². The van der Waals surface area contributed by atoms with Gasteiger partial charge < -0.3 is 14.8 Å². The summed E-state index contributed by atoms with van der Waals surface area (Å²) < 4.78 is 10.3. The van der Waals surface area contributed by atoms with Crippen LogP contribution in [-0.4, -0.2) is 32.3 Å². The largest absolute Gasteiger partial charge is 0.492 e. The number of carbonyl (C=O) groups is 1. The highest BCUT2D eigenvalue weighted by molar-refractivity contribution is 5.89. The summed E-state index contributed by atoms with van der Waals surface area (Å²) >= 11 is 0. The molecule has 0 unspecified atom stereocenters. The highest BCUT2D eigenvalue weighted by Gasteiger charge is 2.14. The number of esters is 1. The number of benzene rings is 1. The number of ether oxygens (including phenoxy) is 2. The second kappa shape index (κ2) is 7.24. The van der Waals surface area contributed by atoms with Crippen LogP contribution in [0, 0.1) is 0 Å². The molecule has 0 radical (unpaired) electrons. The van der Waals surface area contributed by atoms with Crippen LogP contribution in [0.2, 0.25) is 0 Å². The minimum Gasteiger partial charge on any atom is -0.492 e. The van der Waals surface area contributed by atoms with Crippen LogP contribution < -0.4 is 10.1 Å². The summed E-state index contributed by atoms with van der Waals surface area (Å²) in [6.45, 7) is 1.76. The standard InChI is InChI=1S/C13H17NO3.ClH/c1-16-13(15)10-4-6-12(7-5-10)17-9-11-3-2-8-14-11;/h4-7,11,14H,2-3,8-9H2,1H3;1H/t11-;/m0./s1. The van der Waals surface area contributed by atoms with E-state index in [1.54, 1.807) is 24.3 Å². The Kier molecular flexibility index (Phi) is 5.95. The second-order valence-electron chi connectivity index (χ2n) is 4.12. The molecular formula is C13H18ClNO3. The molecule has 1 aromatic rings. The third-order valence-corrected chi connectivity index (χ3v) is 2.89. The van der Waals surface area contributed by atoms with E-state index >= 15 is 0 Å². The highest BCUT2D eigenvalue weighted by Crippen LogP contribution is 2.14. The number of rotatable bonds is 4. The van der Waals surface area contributed by atoms with E-state index in [9.17, 15) is 4.79 Å². The molecule has 0 saturated carbocycles. The molecule has 1 fully saturated rings. The molecule has 4 nitrogen and oxygen atoms in total. The Bertz CT molecular complexity index is 374. The van der Waals surface area contributed by atoms with Gasteiger partial charge in [0, 0.05) is 6.04 Å². The first-order valence-electron chi connectivity index (χ1n) is 5.84. The molecule has 1 N–H and O–H groups in total. The van der Waals surface area contributed by atoms with Gasteiger partial charge in [0.25, 0.3) is 0 Å².